The Morgan fingerprint density at radius 3 is 2.70 bits per heavy atom. The monoisotopic (exact) mass is 287 g/mol. The van der Waals surface area contributed by atoms with Crippen molar-refractivity contribution in [3.8, 4) is 0 Å². The van der Waals surface area contributed by atoms with E-state index in [0.29, 0.717) is 5.25 Å². The van der Waals surface area contributed by atoms with Gasteiger partial charge in [-0.1, -0.05) is 30.3 Å². The Labute approximate surface area is 123 Å². The summed E-state index contributed by atoms with van der Waals surface area (Å²) in [4.78, 5) is 1.41. The van der Waals surface area contributed by atoms with Crippen molar-refractivity contribution in [3.05, 3.63) is 65.5 Å². The summed E-state index contributed by atoms with van der Waals surface area (Å²) in [6, 6.07) is 15.6. The first-order chi connectivity index (χ1) is 9.72. The molecule has 0 saturated heterocycles. The molecule has 0 spiro atoms. The van der Waals surface area contributed by atoms with Crippen LogP contribution in [0, 0.1) is 5.82 Å². The summed E-state index contributed by atoms with van der Waals surface area (Å²) in [5.74, 6) is -0.178. The molecule has 1 N–H and O–H groups in total. The Morgan fingerprint density at radius 1 is 1.20 bits per heavy atom. The van der Waals surface area contributed by atoms with E-state index in [1.807, 2.05) is 23.9 Å². The second-order valence-corrected chi connectivity index (χ2v) is 6.58. The number of halogens is 1. The number of hydrogen-bond donors (Lipinski definition) is 1. The second-order valence-electron chi connectivity index (χ2n) is 5.23. The van der Waals surface area contributed by atoms with Gasteiger partial charge >= 0.3 is 0 Å². The van der Waals surface area contributed by atoms with E-state index in [9.17, 15) is 4.39 Å². The Bertz CT molecular complexity index is 557. The fourth-order valence-corrected chi connectivity index (χ4v) is 3.81. The minimum atomic E-state index is -0.178. The molecule has 1 aliphatic heterocycles. The molecule has 3 rings (SSSR count). The highest BCUT2D eigenvalue weighted by molar-refractivity contribution is 8.00. The van der Waals surface area contributed by atoms with Crippen LogP contribution in [0.5, 0.6) is 0 Å². The van der Waals surface area contributed by atoms with Gasteiger partial charge in [-0.3, -0.25) is 0 Å². The molecule has 3 heteroatoms. The molecular formula is C17H18FNS. The van der Waals surface area contributed by atoms with E-state index >= 15 is 0 Å². The highest BCUT2D eigenvalue weighted by Gasteiger charge is 2.21. The van der Waals surface area contributed by atoms with Crippen molar-refractivity contribution in [1.82, 2.24) is 5.32 Å². The van der Waals surface area contributed by atoms with Crippen molar-refractivity contribution in [3.63, 3.8) is 0 Å². The summed E-state index contributed by atoms with van der Waals surface area (Å²) in [5.41, 5.74) is 2.59. The number of benzene rings is 2. The van der Waals surface area contributed by atoms with Crippen LogP contribution in [-0.2, 0) is 6.42 Å². The second kappa shape index (κ2) is 5.98. The molecule has 104 valence electrons. The molecule has 2 aromatic rings. The number of fused-ring (bicyclic) bond motifs is 1. The minimum absolute atomic E-state index is 0.178. The fourth-order valence-electron chi connectivity index (χ4n) is 2.55. The first-order valence-corrected chi connectivity index (χ1v) is 7.84. The molecule has 1 nitrogen and oxygen atoms in total. The van der Waals surface area contributed by atoms with E-state index < -0.39 is 0 Å². The summed E-state index contributed by atoms with van der Waals surface area (Å²) in [7, 11) is 0. The zero-order valence-electron chi connectivity index (χ0n) is 11.5. The maximum atomic E-state index is 12.9. The number of rotatable bonds is 4. The summed E-state index contributed by atoms with van der Waals surface area (Å²) in [6.07, 6.45) is 1.13. The first kappa shape index (κ1) is 13.7. The molecule has 20 heavy (non-hydrogen) atoms. The van der Waals surface area contributed by atoms with Crippen LogP contribution in [0.25, 0.3) is 0 Å². The van der Waals surface area contributed by atoms with Gasteiger partial charge in [0.25, 0.3) is 0 Å². The van der Waals surface area contributed by atoms with Crippen molar-refractivity contribution < 1.29 is 4.39 Å². The largest absolute Gasteiger partial charge is 0.309 e. The van der Waals surface area contributed by atoms with Gasteiger partial charge in [-0.25, -0.2) is 4.39 Å². The first-order valence-electron chi connectivity index (χ1n) is 6.96. The Hall–Kier alpha value is -1.32. The fraction of sp³-hybridized carbons (Fsp3) is 0.294. The van der Waals surface area contributed by atoms with Gasteiger partial charge < -0.3 is 5.32 Å². The lowest BCUT2D eigenvalue weighted by atomic mass is 10.1. The quantitative estimate of drug-likeness (QED) is 0.904. The van der Waals surface area contributed by atoms with Crippen LogP contribution in [0.2, 0.25) is 0 Å². The van der Waals surface area contributed by atoms with Crippen molar-refractivity contribution in [1.29, 1.82) is 0 Å². The van der Waals surface area contributed by atoms with Crippen LogP contribution in [-0.4, -0.2) is 11.8 Å². The van der Waals surface area contributed by atoms with Crippen LogP contribution < -0.4 is 5.32 Å². The normalized spacial score (nSPS) is 18.8. The highest BCUT2D eigenvalue weighted by atomic mass is 32.2. The molecule has 1 aliphatic rings. The lowest BCUT2D eigenvalue weighted by Gasteiger charge is -2.17. The molecule has 1 unspecified atom stereocenters. The predicted octanol–water partition coefficient (Wildman–Crippen LogP) is 4.19. The van der Waals surface area contributed by atoms with E-state index in [2.05, 4.69) is 36.5 Å². The van der Waals surface area contributed by atoms with Gasteiger partial charge in [-0.15, -0.1) is 11.8 Å². The summed E-state index contributed by atoms with van der Waals surface area (Å²) in [5, 5.41) is 4.14. The molecule has 1 heterocycles. The third kappa shape index (κ3) is 3.05. The molecule has 0 saturated carbocycles. The molecule has 0 radical (unpaired) electrons. The molecule has 0 fully saturated rings. The van der Waals surface area contributed by atoms with Gasteiger partial charge in [-0.05, 0) is 42.7 Å². The molecule has 2 aromatic carbocycles. The third-order valence-electron chi connectivity index (χ3n) is 3.74. The van der Waals surface area contributed by atoms with Crippen LogP contribution in [0.4, 0.5) is 4.39 Å². The van der Waals surface area contributed by atoms with Gasteiger partial charge in [0.15, 0.2) is 0 Å². The third-order valence-corrected chi connectivity index (χ3v) is 5.05. The number of nitrogens with one attached hydrogen (secondary N) is 1. The SMILES string of the molecule is C[C@@H](NCC1Cc2ccccc2S1)c1ccc(F)cc1. The molecule has 2 atom stereocenters. The molecule has 0 bridgehead atoms. The average Bonchev–Trinajstić information content (AvgIpc) is 2.88. The molecule has 0 aromatic heterocycles. The lowest BCUT2D eigenvalue weighted by molar-refractivity contribution is 0.564. The van der Waals surface area contributed by atoms with Gasteiger partial charge in [-0.2, -0.15) is 0 Å². The van der Waals surface area contributed by atoms with Gasteiger partial charge in [0.2, 0.25) is 0 Å². The van der Waals surface area contributed by atoms with E-state index in [1.165, 1.54) is 22.6 Å². The van der Waals surface area contributed by atoms with Gasteiger partial charge in [0.1, 0.15) is 5.82 Å². The minimum Gasteiger partial charge on any atom is -0.309 e. The summed E-state index contributed by atoms with van der Waals surface area (Å²) >= 11 is 1.95. The predicted molar refractivity (Wildman–Crippen MR) is 82.6 cm³/mol. The maximum Gasteiger partial charge on any atom is 0.123 e. The standard InChI is InChI=1S/C17H18FNS/c1-12(13-6-8-15(18)9-7-13)19-11-16-10-14-4-2-3-5-17(14)20-16/h2-9,12,16,19H,10-11H2,1H3/t12-,16?/m1/s1. The number of hydrogen-bond acceptors (Lipinski definition) is 2. The van der Waals surface area contributed by atoms with E-state index in [-0.39, 0.29) is 11.9 Å². The van der Waals surface area contributed by atoms with E-state index in [4.69, 9.17) is 0 Å². The van der Waals surface area contributed by atoms with Gasteiger partial charge in [0.05, 0.1) is 0 Å². The van der Waals surface area contributed by atoms with Crippen LogP contribution >= 0.6 is 11.8 Å². The Kier molecular flexibility index (Phi) is 4.08. The van der Waals surface area contributed by atoms with Crippen molar-refractivity contribution >= 4 is 11.8 Å². The molecule has 0 amide bonds. The van der Waals surface area contributed by atoms with Crippen molar-refractivity contribution in [2.75, 3.05) is 6.54 Å². The zero-order valence-corrected chi connectivity index (χ0v) is 12.3. The van der Waals surface area contributed by atoms with Crippen LogP contribution in [0.3, 0.4) is 0 Å². The maximum absolute atomic E-state index is 12.9. The van der Waals surface area contributed by atoms with Crippen molar-refractivity contribution in [2.45, 2.75) is 29.5 Å². The van der Waals surface area contributed by atoms with Gasteiger partial charge in [0, 0.05) is 22.7 Å². The lowest BCUT2D eigenvalue weighted by Crippen LogP contribution is -2.27. The number of thioether (sulfide) groups is 1. The van der Waals surface area contributed by atoms with Crippen LogP contribution in [0.1, 0.15) is 24.1 Å². The van der Waals surface area contributed by atoms with E-state index in [1.54, 1.807) is 0 Å². The zero-order chi connectivity index (χ0) is 13.9. The van der Waals surface area contributed by atoms with E-state index in [0.717, 1.165) is 18.5 Å². The molecular weight excluding hydrogens is 269 g/mol. The molecule has 0 aliphatic carbocycles. The van der Waals surface area contributed by atoms with Crippen molar-refractivity contribution in [2.24, 2.45) is 0 Å². The topological polar surface area (TPSA) is 12.0 Å². The summed E-state index contributed by atoms with van der Waals surface area (Å²) < 4.78 is 12.9. The summed E-state index contributed by atoms with van der Waals surface area (Å²) in [6.45, 7) is 3.10. The average molecular weight is 287 g/mol. The Morgan fingerprint density at radius 2 is 1.95 bits per heavy atom. The Balaban J connectivity index is 1.55. The van der Waals surface area contributed by atoms with Crippen LogP contribution in [0.15, 0.2) is 53.4 Å². The highest BCUT2D eigenvalue weighted by Crippen LogP contribution is 2.36. The smallest absolute Gasteiger partial charge is 0.123 e.